The topological polar surface area (TPSA) is 78.5 Å². The average molecular weight is 327 g/mol. The van der Waals surface area contributed by atoms with E-state index in [1.54, 1.807) is 6.08 Å². The third-order valence-corrected chi connectivity index (χ3v) is 4.65. The van der Waals surface area contributed by atoms with Crippen LogP contribution in [-0.4, -0.2) is 35.8 Å². The molecule has 0 radical (unpaired) electrons. The van der Waals surface area contributed by atoms with Gasteiger partial charge in [-0.05, 0) is 36.8 Å². The number of nitrogens with zero attached hydrogens (tertiary/aromatic N) is 1. The molecule has 1 atom stereocenters. The minimum atomic E-state index is -1.04. The highest BCUT2D eigenvalue weighted by Gasteiger charge is 2.53. The van der Waals surface area contributed by atoms with Crippen molar-refractivity contribution in [1.29, 1.82) is 0 Å². The molecule has 2 N–H and O–H groups in total. The second-order valence-corrected chi connectivity index (χ2v) is 6.18. The smallest absolute Gasteiger partial charge is 0.325 e. The summed E-state index contributed by atoms with van der Waals surface area (Å²) in [5.74, 6) is -0.715. The Morgan fingerprint density at radius 3 is 2.92 bits per heavy atom. The predicted octanol–water partition coefficient (Wildman–Crippen LogP) is 1.46. The van der Waals surface area contributed by atoms with Crippen LogP contribution in [0.15, 0.2) is 36.9 Å². The van der Waals surface area contributed by atoms with Crippen molar-refractivity contribution >= 4 is 17.8 Å². The van der Waals surface area contributed by atoms with Crippen molar-refractivity contribution in [2.75, 3.05) is 13.1 Å². The monoisotopic (exact) mass is 327 g/mol. The Morgan fingerprint density at radius 2 is 2.12 bits per heavy atom. The van der Waals surface area contributed by atoms with Crippen molar-refractivity contribution < 1.29 is 14.4 Å². The fourth-order valence-electron chi connectivity index (χ4n) is 3.50. The summed E-state index contributed by atoms with van der Waals surface area (Å²) in [5, 5.41) is 5.46. The molecule has 1 heterocycles. The number of hydrogen-bond donors (Lipinski definition) is 2. The molecule has 1 spiro atoms. The van der Waals surface area contributed by atoms with Gasteiger partial charge >= 0.3 is 6.03 Å². The summed E-state index contributed by atoms with van der Waals surface area (Å²) in [6.45, 7) is 3.55. The first kappa shape index (κ1) is 16.2. The Balaban J connectivity index is 1.90. The molecule has 24 heavy (non-hydrogen) atoms. The van der Waals surface area contributed by atoms with Crippen LogP contribution < -0.4 is 10.6 Å². The predicted molar refractivity (Wildman–Crippen MR) is 89.1 cm³/mol. The molecular weight excluding hydrogens is 306 g/mol. The van der Waals surface area contributed by atoms with Crippen molar-refractivity contribution in [3.05, 3.63) is 48.0 Å². The lowest BCUT2D eigenvalue weighted by Gasteiger charge is -2.27. The largest absolute Gasteiger partial charge is 0.351 e. The van der Waals surface area contributed by atoms with Crippen LogP contribution in [-0.2, 0) is 21.5 Å². The van der Waals surface area contributed by atoms with Gasteiger partial charge in [0.25, 0.3) is 5.91 Å². The van der Waals surface area contributed by atoms with E-state index in [0.717, 1.165) is 35.3 Å². The number of benzene rings is 1. The average Bonchev–Trinajstić information content (AvgIpc) is 2.74. The molecule has 1 fully saturated rings. The summed E-state index contributed by atoms with van der Waals surface area (Å²) >= 11 is 0. The number of fused-ring (bicyclic) bond motifs is 2. The highest BCUT2D eigenvalue weighted by Crippen LogP contribution is 2.38. The molecule has 2 aliphatic rings. The van der Waals surface area contributed by atoms with E-state index in [-0.39, 0.29) is 18.4 Å². The Bertz CT molecular complexity index is 701. The van der Waals surface area contributed by atoms with Crippen LogP contribution >= 0.6 is 0 Å². The van der Waals surface area contributed by atoms with E-state index < -0.39 is 11.6 Å². The number of hydrogen-bond acceptors (Lipinski definition) is 3. The molecule has 126 valence electrons. The molecule has 0 saturated carbocycles. The van der Waals surface area contributed by atoms with E-state index >= 15 is 0 Å². The lowest BCUT2D eigenvalue weighted by molar-refractivity contribution is -0.135. The Labute approximate surface area is 140 Å². The molecule has 1 unspecified atom stereocenters. The van der Waals surface area contributed by atoms with Gasteiger partial charge in [0.1, 0.15) is 12.1 Å². The number of carbonyl (C=O) groups excluding carboxylic acids is 3. The van der Waals surface area contributed by atoms with E-state index in [9.17, 15) is 14.4 Å². The normalized spacial score (nSPS) is 22.8. The zero-order valence-electron chi connectivity index (χ0n) is 13.5. The Hall–Kier alpha value is -2.63. The molecule has 1 aromatic carbocycles. The Morgan fingerprint density at radius 1 is 1.33 bits per heavy atom. The third-order valence-electron chi connectivity index (χ3n) is 4.65. The number of imide groups is 1. The molecule has 0 bridgehead atoms. The minimum Gasteiger partial charge on any atom is -0.351 e. The maximum Gasteiger partial charge on any atom is 0.325 e. The van der Waals surface area contributed by atoms with Crippen molar-refractivity contribution in [1.82, 2.24) is 15.5 Å². The van der Waals surface area contributed by atoms with E-state index in [1.165, 1.54) is 0 Å². The molecule has 1 saturated heterocycles. The first-order valence-corrected chi connectivity index (χ1v) is 8.18. The quantitative estimate of drug-likeness (QED) is 0.649. The van der Waals surface area contributed by atoms with Crippen molar-refractivity contribution in [3.8, 4) is 0 Å². The molecular formula is C18H21N3O3. The van der Waals surface area contributed by atoms with Crippen LogP contribution in [0.3, 0.4) is 0 Å². The summed E-state index contributed by atoms with van der Waals surface area (Å²) in [7, 11) is 0. The first-order valence-electron chi connectivity index (χ1n) is 8.18. The molecule has 4 amide bonds. The summed E-state index contributed by atoms with van der Waals surface area (Å²) in [6.07, 6.45) is 4.81. The first-order chi connectivity index (χ1) is 11.6. The molecule has 1 aliphatic carbocycles. The van der Waals surface area contributed by atoms with Gasteiger partial charge in [0, 0.05) is 6.54 Å². The fourth-order valence-corrected chi connectivity index (χ4v) is 3.50. The number of amides is 4. The van der Waals surface area contributed by atoms with Crippen LogP contribution in [0.1, 0.15) is 30.4 Å². The number of carbonyl (C=O) groups is 3. The SMILES string of the molecule is C=CCNC(=O)CN1C(=O)NC2(CCCCc3ccccc32)C1=O. The second-order valence-electron chi connectivity index (χ2n) is 6.18. The molecule has 0 aromatic heterocycles. The maximum atomic E-state index is 13.1. The molecule has 6 heteroatoms. The molecule has 1 aromatic rings. The van der Waals surface area contributed by atoms with Gasteiger partial charge < -0.3 is 10.6 Å². The minimum absolute atomic E-state index is 0.275. The van der Waals surface area contributed by atoms with Crippen LogP contribution in [0.5, 0.6) is 0 Å². The third kappa shape index (κ3) is 2.68. The summed E-state index contributed by atoms with van der Waals surface area (Å²) in [5.41, 5.74) is 0.902. The van der Waals surface area contributed by atoms with Crippen LogP contribution in [0, 0.1) is 0 Å². The van der Waals surface area contributed by atoms with Gasteiger partial charge in [0.05, 0.1) is 0 Å². The number of nitrogens with one attached hydrogen (secondary N) is 2. The summed E-state index contributed by atoms with van der Waals surface area (Å²) in [4.78, 5) is 38.4. The van der Waals surface area contributed by atoms with Gasteiger partial charge in [-0.15, -0.1) is 6.58 Å². The van der Waals surface area contributed by atoms with Crippen LogP contribution in [0.2, 0.25) is 0 Å². The molecule has 1 aliphatic heterocycles. The van der Waals surface area contributed by atoms with Gasteiger partial charge in [-0.2, -0.15) is 0 Å². The molecule has 3 rings (SSSR count). The van der Waals surface area contributed by atoms with Crippen molar-refractivity contribution in [2.24, 2.45) is 0 Å². The van der Waals surface area contributed by atoms with E-state index in [1.807, 2.05) is 24.3 Å². The number of urea groups is 1. The zero-order valence-corrected chi connectivity index (χ0v) is 13.5. The van der Waals surface area contributed by atoms with E-state index in [0.29, 0.717) is 13.0 Å². The highest BCUT2D eigenvalue weighted by molar-refractivity contribution is 6.09. The maximum absolute atomic E-state index is 13.1. The lowest BCUT2D eigenvalue weighted by Crippen LogP contribution is -2.45. The number of aryl methyl sites for hydroxylation is 1. The van der Waals surface area contributed by atoms with Gasteiger partial charge in [-0.1, -0.05) is 30.3 Å². The van der Waals surface area contributed by atoms with Crippen molar-refractivity contribution in [2.45, 2.75) is 31.2 Å². The van der Waals surface area contributed by atoms with Crippen LogP contribution in [0.4, 0.5) is 4.79 Å². The second kappa shape index (κ2) is 6.47. The van der Waals surface area contributed by atoms with Gasteiger partial charge in [-0.3, -0.25) is 14.5 Å². The van der Waals surface area contributed by atoms with E-state index in [4.69, 9.17) is 0 Å². The summed E-state index contributed by atoms with van der Waals surface area (Å²) in [6, 6.07) is 7.22. The summed E-state index contributed by atoms with van der Waals surface area (Å²) < 4.78 is 0. The highest BCUT2D eigenvalue weighted by atomic mass is 16.2. The lowest BCUT2D eigenvalue weighted by atomic mass is 9.84. The van der Waals surface area contributed by atoms with Crippen molar-refractivity contribution in [3.63, 3.8) is 0 Å². The van der Waals surface area contributed by atoms with Gasteiger partial charge in [-0.25, -0.2) is 4.79 Å². The van der Waals surface area contributed by atoms with Crippen LogP contribution in [0.25, 0.3) is 0 Å². The van der Waals surface area contributed by atoms with E-state index in [2.05, 4.69) is 17.2 Å². The standard InChI is InChI=1S/C18H21N3O3/c1-2-11-19-15(22)12-21-16(23)18(20-17(21)24)10-6-5-8-13-7-3-4-9-14(13)18/h2-4,7,9H,1,5-6,8,10-12H2,(H,19,22)(H,20,24). The fraction of sp³-hybridized carbons (Fsp3) is 0.389. The molecule has 6 nitrogen and oxygen atoms in total. The number of rotatable bonds is 4. The zero-order chi connectivity index (χ0) is 17.2. The Kier molecular flexibility index (Phi) is 4.38. The van der Waals surface area contributed by atoms with Gasteiger partial charge in [0.15, 0.2) is 0 Å². The van der Waals surface area contributed by atoms with Gasteiger partial charge in [0.2, 0.25) is 5.91 Å².